The van der Waals surface area contributed by atoms with E-state index in [2.05, 4.69) is 0 Å². The van der Waals surface area contributed by atoms with Crippen LogP contribution in [0.2, 0.25) is 0 Å². The van der Waals surface area contributed by atoms with Crippen LogP contribution in [0, 0.1) is 5.41 Å². The number of hydrogen-bond donors (Lipinski definition) is 0. The van der Waals surface area contributed by atoms with E-state index in [-0.39, 0.29) is 17.4 Å². The normalized spacial score (nSPS) is 29.8. The minimum Gasteiger partial charge on any atom is -0.333 e. The highest BCUT2D eigenvalue weighted by molar-refractivity contribution is 5.78. The molecule has 1 aliphatic carbocycles. The molecule has 0 unspecified atom stereocenters. The lowest BCUT2D eigenvalue weighted by Crippen LogP contribution is -2.35. The molecule has 1 heterocycles. The highest BCUT2D eigenvalue weighted by Gasteiger charge is 2.46. The first-order valence-electron chi connectivity index (χ1n) is 5.39. The summed E-state index contributed by atoms with van der Waals surface area (Å²) >= 11 is 0. The average Bonchev–Trinajstić information content (AvgIpc) is 2.74. The first-order valence-corrected chi connectivity index (χ1v) is 5.39. The Labute approximate surface area is 84.5 Å². The summed E-state index contributed by atoms with van der Waals surface area (Å²) in [5.74, 6) is 0.0471. The Balaban J connectivity index is 2.14. The number of rotatable bonds is 1. The van der Waals surface area contributed by atoms with Crippen LogP contribution in [0.1, 0.15) is 39.0 Å². The van der Waals surface area contributed by atoms with E-state index in [1.165, 1.54) is 25.7 Å². The van der Waals surface area contributed by atoms with E-state index in [9.17, 15) is 9.59 Å². The molecule has 0 aromatic rings. The Morgan fingerprint density at radius 2 is 2.07 bits per heavy atom. The van der Waals surface area contributed by atoms with Gasteiger partial charge < -0.3 is 9.69 Å². The number of nitrogens with zero attached hydrogens (tertiary/aromatic N) is 1. The highest BCUT2D eigenvalue weighted by atomic mass is 16.2. The lowest BCUT2D eigenvalue weighted by Gasteiger charge is -2.22. The number of aldehydes is 1. The van der Waals surface area contributed by atoms with Crippen molar-refractivity contribution in [2.24, 2.45) is 5.41 Å². The first-order chi connectivity index (χ1) is 6.67. The fourth-order valence-corrected chi connectivity index (χ4v) is 3.05. The number of likely N-dealkylation sites (tertiary alicyclic amines) is 1. The van der Waals surface area contributed by atoms with Gasteiger partial charge in [-0.2, -0.15) is 0 Å². The predicted octanol–water partition coefficient (Wildman–Crippen LogP) is 1.37. The van der Waals surface area contributed by atoms with Gasteiger partial charge in [-0.25, -0.2) is 0 Å². The molecule has 1 saturated heterocycles. The lowest BCUT2D eigenvalue weighted by atomic mass is 9.84. The summed E-state index contributed by atoms with van der Waals surface area (Å²) in [6.45, 7) is 2.37. The molecule has 78 valence electrons. The van der Waals surface area contributed by atoms with E-state index in [4.69, 9.17) is 0 Å². The van der Waals surface area contributed by atoms with Gasteiger partial charge >= 0.3 is 0 Å². The fourth-order valence-electron chi connectivity index (χ4n) is 3.05. The van der Waals surface area contributed by atoms with Crippen LogP contribution >= 0.6 is 0 Å². The molecule has 3 nitrogen and oxygen atoms in total. The molecule has 0 aromatic heterocycles. The monoisotopic (exact) mass is 195 g/mol. The molecule has 0 N–H and O–H groups in total. The summed E-state index contributed by atoms with van der Waals surface area (Å²) in [6, 6.07) is -0.148. The molecular formula is C11H17NO2. The second-order valence-corrected chi connectivity index (χ2v) is 4.76. The van der Waals surface area contributed by atoms with Gasteiger partial charge in [-0.3, -0.25) is 4.79 Å². The summed E-state index contributed by atoms with van der Waals surface area (Å²) in [4.78, 5) is 23.9. The summed E-state index contributed by atoms with van der Waals surface area (Å²) in [7, 11) is 0. The fraction of sp³-hybridized carbons (Fsp3) is 0.818. The van der Waals surface area contributed by atoms with Gasteiger partial charge in [0.1, 0.15) is 6.29 Å². The molecule has 1 saturated carbocycles. The first kappa shape index (κ1) is 9.69. The molecule has 0 aromatic carbocycles. The maximum Gasteiger partial charge on any atom is 0.220 e. The molecule has 0 bridgehead atoms. The van der Waals surface area contributed by atoms with Gasteiger partial charge in [-0.15, -0.1) is 0 Å². The molecule has 1 atom stereocenters. The minimum atomic E-state index is -0.148. The van der Waals surface area contributed by atoms with Crippen molar-refractivity contribution in [3.8, 4) is 0 Å². The van der Waals surface area contributed by atoms with Crippen molar-refractivity contribution in [2.75, 3.05) is 6.54 Å². The molecule has 0 radical (unpaired) electrons. The molecule has 14 heavy (non-hydrogen) atoms. The number of carbonyl (C=O) groups is 2. The quantitative estimate of drug-likeness (QED) is 0.592. The third-order valence-electron chi connectivity index (χ3n) is 3.77. The maximum atomic E-state index is 11.3. The smallest absolute Gasteiger partial charge is 0.220 e. The maximum absolute atomic E-state index is 11.3. The van der Waals surface area contributed by atoms with E-state index in [0.29, 0.717) is 0 Å². The third-order valence-corrected chi connectivity index (χ3v) is 3.77. The van der Waals surface area contributed by atoms with Crippen molar-refractivity contribution in [2.45, 2.75) is 45.1 Å². The second kappa shape index (κ2) is 3.37. The molecule has 2 rings (SSSR count). The van der Waals surface area contributed by atoms with Crippen LogP contribution in [0.4, 0.5) is 0 Å². The zero-order valence-electron chi connectivity index (χ0n) is 8.66. The largest absolute Gasteiger partial charge is 0.333 e. The Kier molecular flexibility index (Phi) is 2.33. The van der Waals surface area contributed by atoms with Crippen molar-refractivity contribution in [1.82, 2.24) is 4.90 Å². The van der Waals surface area contributed by atoms with Gasteiger partial charge in [0.25, 0.3) is 0 Å². The standard InChI is InChI=1S/C11H17NO2/c1-9(14)12-8-11(4-2-3-5-11)6-10(12)7-13/h7,10H,2-6,8H2,1H3/t10-/m0/s1. The second-order valence-electron chi connectivity index (χ2n) is 4.76. The number of hydrogen-bond acceptors (Lipinski definition) is 2. The van der Waals surface area contributed by atoms with E-state index < -0.39 is 0 Å². The molecular weight excluding hydrogens is 178 g/mol. The van der Waals surface area contributed by atoms with Crippen LogP contribution < -0.4 is 0 Å². The predicted molar refractivity (Wildman–Crippen MR) is 52.8 cm³/mol. The molecule has 1 aliphatic heterocycles. The van der Waals surface area contributed by atoms with Crippen molar-refractivity contribution in [3.63, 3.8) is 0 Å². The number of amides is 1. The number of carbonyl (C=O) groups excluding carboxylic acids is 2. The molecule has 1 spiro atoms. The van der Waals surface area contributed by atoms with Crippen LogP contribution in [0.25, 0.3) is 0 Å². The zero-order chi connectivity index (χ0) is 10.2. The summed E-state index contributed by atoms with van der Waals surface area (Å²) in [5.41, 5.74) is 0.289. The van der Waals surface area contributed by atoms with Gasteiger partial charge in [-0.05, 0) is 24.7 Å². The topological polar surface area (TPSA) is 37.4 Å². The van der Waals surface area contributed by atoms with Gasteiger partial charge in [0.15, 0.2) is 0 Å². The minimum absolute atomic E-state index is 0.0471. The van der Waals surface area contributed by atoms with Crippen LogP contribution in [-0.4, -0.2) is 29.7 Å². The summed E-state index contributed by atoms with van der Waals surface area (Å²) in [6.07, 6.45) is 6.75. The molecule has 3 heteroatoms. The third kappa shape index (κ3) is 1.45. The Bertz CT molecular complexity index is 256. The van der Waals surface area contributed by atoms with Crippen LogP contribution in [0.15, 0.2) is 0 Å². The Morgan fingerprint density at radius 3 is 2.50 bits per heavy atom. The van der Waals surface area contributed by atoms with E-state index in [0.717, 1.165) is 19.3 Å². The Hall–Kier alpha value is -0.860. The van der Waals surface area contributed by atoms with E-state index in [1.54, 1.807) is 11.8 Å². The summed E-state index contributed by atoms with van der Waals surface area (Å²) < 4.78 is 0. The van der Waals surface area contributed by atoms with Crippen molar-refractivity contribution < 1.29 is 9.59 Å². The van der Waals surface area contributed by atoms with Gasteiger partial charge in [0, 0.05) is 13.5 Å². The SMILES string of the molecule is CC(=O)N1CC2(CCCC2)C[C@H]1C=O. The molecule has 1 amide bonds. The van der Waals surface area contributed by atoms with Crippen molar-refractivity contribution in [1.29, 1.82) is 0 Å². The van der Waals surface area contributed by atoms with E-state index in [1.807, 2.05) is 0 Å². The average molecular weight is 195 g/mol. The van der Waals surface area contributed by atoms with Crippen LogP contribution in [0.3, 0.4) is 0 Å². The summed E-state index contributed by atoms with van der Waals surface area (Å²) in [5, 5.41) is 0. The van der Waals surface area contributed by atoms with Crippen LogP contribution in [-0.2, 0) is 9.59 Å². The molecule has 2 fully saturated rings. The van der Waals surface area contributed by atoms with Crippen molar-refractivity contribution >= 4 is 12.2 Å². The highest BCUT2D eigenvalue weighted by Crippen LogP contribution is 2.47. The molecule has 2 aliphatic rings. The van der Waals surface area contributed by atoms with Crippen LogP contribution in [0.5, 0.6) is 0 Å². The van der Waals surface area contributed by atoms with Crippen molar-refractivity contribution in [3.05, 3.63) is 0 Å². The Morgan fingerprint density at radius 1 is 1.43 bits per heavy atom. The lowest BCUT2D eigenvalue weighted by molar-refractivity contribution is -0.132. The van der Waals surface area contributed by atoms with Gasteiger partial charge in [-0.1, -0.05) is 12.8 Å². The van der Waals surface area contributed by atoms with E-state index >= 15 is 0 Å². The van der Waals surface area contributed by atoms with Gasteiger partial charge in [0.2, 0.25) is 5.91 Å². The zero-order valence-corrected chi connectivity index (χ0v) is 8.66. The van der Waals surface area contributed by atoms with Gasteiger partial charge in [0.05, 0.1) is 6.04 Å².